The summed E-state index contributed by atoms with van der Waals surface area (Å²) < 4.78 is 0. The van der Waals surface area contributed by atoms with E-state index >= 15 is 0 Å². The van der Waals surface area contributed by atoms with E-state index in [9.17, 15) is 9.90 Å². The minimum absolute atomic E-state index is 0.0337. The van der Waals surface area contributed by atoms with Crippen LogP contribution in [0, 0.1) is 18.3 Å². The number of hydrogen-bond donors (Lipinski definition) is 2. The topological polar surface area (TPSA) is 76.2 Å². The van der Waals surface area contributed by atoms with Gasteiger partial charge in [-0.25, -0.2) is 4.98 Å². The lowest BCUT2D eigenvalue weighted by atomic mass is 9.65. The van der Waals surface area contributed by atoms with Crippen molar-refractivity contribution in [3.8, 4) is 0 Å². The highest BCUT2D eigenvalue weighted by Crippen LogP contribution is 2.47. The average molecular weight is 262 g/mol. The number of nitrogens with two attached hydrogens (primary N) is 1. The van der Waals surface area contributed by atoms with Crippen LogP contribution in [0.2, 0.25) is 0 Å². The number of rotatable bonds is 2. The van der Waals surface area contributed by atoms with E-state index < -0.39 is 5.97 Å². The fourth-order valence-electron chi connectivity index (χ4n) is 3.11. The molecular weight excluding hydrogens is 240 g/mol. The predicted octanol–water partition coefficient (Wildman–Crippen LogP) is 2.97. The summed E-state index contributed by atoms with van der Waals surface area (Å²) in [5, 5.41) is 9.44. The summed E-state index contributed by atoms with van der Waals surface area (Å²) in [6.45, 7) is 6.34. The number of carboxylic acid groups (broad SMARTS) is 1. The van der Waals surface area contributed by atoms with Crippen molar-refractivity contribution in [2.24, 2.45) is 11.3 Å². The van der Waals surface area contributed by atoms with Crippen molar-refractivity contribution >= 4 is 11.8 Å². The van der Waals surface area contributed by atoms with Crippen LogP contribution in [-0.2, 0) is 4.79 Å². The van der Waals surface area contributed by atoms with E-state index in [0.29, 0.717) is 12.2 Å². The highest BCUT2D eigenvalue weighted by Gasteiger charge is 2.40. The summed E-state index contributed by atoms with van der Waals surface area (Å²) >= 11 is 0. The molecule has 2 rings (SSSR count). The SMILES string of the molecule is Cc1cnc(N)c(C2CC(C)(C)CCC2C(=O)O)c1. The summed E-state index contributed by atoms with van der Waals surface area (Å²) in [5.74, 6) is -0.631. The maximum absolute atomic E-state index is 11.5. The highest BCUT2D eigenvalue weighted by atomic mass is 16.4. The number of nitrogen functional groups attached to an aromatic ring is 1. The summed E-state index contributed by atoms with van der Waals surface area (Å²) in [6, 6.07) is 1.99. The molecular formula is C15H22N2O2. The molecule has 0 radical (unpaired) electrons. The van der Waals surface area contributed by atoms with Gasteiger partial charge in [0.15, 0.2) is 0 Å². The molecule has 0 spiro atoms. The molecule has 1 aliphatic rings. The molecule has 104 valence electrons. The minimum Gasteiger partial charge on any atom is -0.481 e. The molecule has 19 heavy (non-hydrogen) atoms. The van der Waals surface area contributed by atoms with E-state index in [1.54, 1.807) is 6.20 Å². The largest absolute Gasteiger partial charge is 0.481 e. The van der Waals surface area contributed by atoms with Crippen molar-refractivity contribution in [2.45, 2.75) is 46.0 Å². The van der Waals surface area contributed by atoms with Gasteiger partial charge in [0.1, 0.15) is 5.82 Å². The molecule has 1 fully saturated rings. The van der Waals surface area contributed by atoms with E-state index in [1.165, 1.54) is 0 Å². The van der Waals surface area contributed by atoms with Crippen LogP contribution in [0.25, 0.3) is 0 Å². The molecule has 2 unspecified atom stereocenters. The molecule has 1 saturated carbocycles. The Balaban J connectivity index is 2.41. The molecule has 1 aromatic heterocycles. The highest BCUT2D eigenvalue weighted by molar-refractivity contribution is 5.72. The van der Waals surface area contributed by atoms with Crippen LogP contribution < -0.4 is 5.73 Å². The summed E-state index contributed by atoms with van der Waals surface area (Å²) in [6.07, 6.45) is 4.22. The second-order valence-corrected chi connectivity index (χ2v) is 6.45. The van der Waals surface area contributed by atoms with Crippen LogP contribution in [-0.4, -0.2) is 16.1 Å². The van der Waals surface area contributed by atoms with Crippen LogP contribution in [0.1, 0.15) is 50.2 Å². The maximum Gasteiger partial charge on any atom is 0.307 e. The van der Waals surface area contributed by atoms with Gasteiger partial charge in [0, 0.05) is 12.1 Å². The molecule has 0 saturated heterocycles. The lowest BCUT2D eigenvalue weighted by Crippen LogP contribution is -2.33. The number of hydrogen-bond acceptors (Lipinski definition) is 3. The molecule has 1 heterocycles. The van der Waals surface area contributed by atoms with E-state index in [1.807, 2.05) is 13.0 Å². The number of nitrogens with zero attached hydrogens (tertiary/aromatic N) is 1. The number of carbonyl (C=O) groups is 1. The molecule has 0 bridgehead atoms. The zero-order chi connectivity index (χ0) is 14.2. The standard InChI is InChI=1S/C15H22N2O2/c1-9-6-11(13(16)17-8-9)12-7-15(2,3)5-4-10(12)14(18)19/h6,8,10,12H,4-5,7H2,1-3H3,(H2,16,17)(H,18,19). The number of anilines is 1. The van der Waals surface area contributed by atoms with Crippen molar-refractivity contribution in [1.29, 1.82) is 0 Å². The quantitative estimate of drug-likeness (QED) is 0.859. The molecule has 1 aromatic rings. The van der Waals surface area contributed by atoms with E-state index in [0.717, 1.165) is 24.0 Å². The normalized spacial score (nSPS) is 26.1. The smallest absolute Gasteiger partial charge is 0.307 e. The molecule has 0 aromatic carbocycles. The van der Waals surface area contributed by atoms with Gasteiger partial charge < -0.3 is 10.8 Å². The average Bonchev–Trinajstić information content (AvgIpc) is 2.30. The van der Waals surface area contributed by atoms with Crippen LogP contribution in [0.4, 0.5) is 5.82 Å². The number of carboxylic acids is 1. The Morgan fingerprint density at radius 3 is 2.84 bits per heavy atom. The summed E-state index contributed by atoms with van der Waals surface area (Å²) in [4.78, 5) is 15.7. The number of aryl methyl sites for hydroxylation is 1. The summed E-state index contributed by atoms with van der Waals surface area (Å²) in [5.41, 5.74) is 8.05. The molecule has 0 amide bonds. The Hall–Kier alpha value is -1.58. The van der Waals surface area contributed by atoms with Crippen molar-refractivity contribution in [1.82, 2.24) is 4.98 Å². The second kappa shape index (κ2) is 4.83. The van der Waals surface area contributed by atoms with Gasteiger partial charge in [0.25, 0.3) is 0 Å². The van der Waals surface area contributed by atoms with Crippen molar-refractivity contribution in [3.05, 3.63) is 23.4 Å². The van der Waals surface area contributed by atoms with E-state index in [2.05, 4.69) is 18.8 Å². The molecule has 0 aliphatic heterocycles. The van der Waals surface area contributed by atoms with Gasteiger partial charge in [0.05, 0.1) is 5.92 Å². The first-order chi connectivity index (χ1) is 8.80. The first kappa shape index (κ1) is 13.8. The molecule has 2 atom stereocenters. The van der Waals surface area contributed by atoms with Crippen LogP contribution >= 0.6 is 0 Å². The summed E-state index contributed by atoms with van der Waals surface area (Å²) in [7, 11) is 0. The third kappa shape index (κ3) is 2.88. The molecule has 4 nitrogen and oxygen atoms in total. The first-order valence-electron chi connectivity index (χ1n) is 6.75. The van der Waals surface area contributed by atoms with E-state index in [-0.39, 0.29) is 17.3 Å². The van der Waals surface area contributed by atoms with Crippen molar-refractivity contribution in [2.75, 3.05) is 5.73 Å². The molecule has 3 N–H and O–H groups in total. The Morgan fingerprint density at radius 1 is 1.53 bits per heavy atom. The van der Waals surface area contributed by atoms with Gasteiger partial charge in [-0.15, -0.1) is 0 Å². The first-order valence-corrected chi connectivity index (χ1v) is 6.75. The van der Waals surface area contributed by atoms with Gasteiger partial charge >= 0.3 is 5.97 Å². The predicted molar refractivity (Wildman–Crippen MR) is 74.9 cm³/mol. The van der Waals surface area contributed by atoms with Gasteiger partial charge in [-0.2, -0.15) is 0 Å². The van der Waals surface area contributed by atoms with Gasteiger partial charge in [-0.05, 0) is 42.7 Å². The maximum atomic E-state index is 11.5. The third-order valence-corrected chi connectivity index (χ3v) is 4.19. The minimum atomic E-state index is -0.721. The Kier molecular flexibility index (Phi) is 3.52. The van der Waals surface area contributed by atoms with E-state index in [4.69, 9.17) is 5.73 Å². The fourth-order valence-corrected chi connectivity index (χ4v) is 3.11. The lowest BCUT2D eigenvalue weighted by molar-refractivity contribution is -0.144. The lowest BCUT2D eigenvalue weighted by Gasteiger charge is -2.39. The van der Waals surface area contributed by atoms with Crippen molar-refractivity contribution < 1.29 is 9.90 Å². The molecule has 4 heteroatoms. The Bertz CT molecular complexity index is 497. The third-order valence-electron chi connectivity index (χ3n) is 4.19. The fraction of sp³-hybridized carbons (Fsp3) is 0.600. The van der Waals surface area contributed by atoms with Crippen LogP contribution in [0.5, 0.6) is 0 Å². The van der Waals surface area contributed by atoms with Crippen molar-refractivity contribution in [3.63, 3.8) is 0 Å². The zero-order valence-corrected chi connectivity index (χ0v) is 11.8. The Labute approximate surface area is 114 Å². The number of aliphatic carboxylic acids is 1. The number of pyridine rings is 1. The monoisotopic (exact) mass is 262 g/mol. The van der Waals surface area contributed by atoms with Gasteiger partial charge in [-0.3, -0.25) is 4.79 Å². The number of aromatic nitrogens is 1. The Morgan fingerprint density at radius 2 is 2.21 bits per heavy atom. The van der Waals surface area contributed by atoms with Gasteiger partial charge in [0.2, 0.25) is 0 Å². The molecule has 1 aliphatic carbocycles. The van der Waals surface area contributed by atoms with Crippen LogP contribution in [0.15, 0.2) is 12.3 Å². The zero-order valence-electron chi connectivity index (χ0n) is 11.8. The second-order valence-electron chi connectivity index (χ2n) is 6.45. The van der Waals surface area contributed by atoms with Gasteiger partial charge in [-0.1, -0.05) is 19.9 Å². The van der Waals surface area contributed by atoms with Crippen LogP contribution in [0.3, 0.4) is 0 Å².